The van der Waals surface area contributed by atoms with E-state index >= 15 is 0 Å². The molecule has 0 bridgehead atoms. The van der Waals surface area contributed by atoms with Gasteiger partial charge in [-0.3, -0.25) is 4.79 Å². The van der Waals surface area contributed by atoms with Crippen LogP contribution in [-0.2, 0) is 19.4 Å². The highest BCUT2D eigenvalue weighted by atomic mass is 127. The number of methoxy groups -OCH3 is 1. The Bertz CT molecular complexity index is 1490. The van der Waals surface area contributed by atoms with E-state index < -0.39 is 0 Å². The summed E-state index contributed by atoms with van der Waals surface area (Å²) in [6.45, 7) is 0.0441. The maximum Gasteiger partial charge on any atom is 0.259 e. The fraction of sp³-hybridized carbons (Fsp3) is 0.200. The molecule has 0 saturated heterocycles. The van der Waals surface area contributed by atoms with Crippen LogP contribution < -0.4 is 14.8 Å². The fourth-order valence-corrected chi connectivity index (χ4v) is 6.32. The lowest BCUT2D eigenvalue weighted by molar-refractivity contribution is 0.102. The summed E-state index contributed by atoms with van der Waals surface area (Å²) in [5, 5.41) is 3.70. The molecule has 1 N–H and O–H groups in total. The molecule has 3 aromatic carbocycles. The van der Waals surface area contributed by atoms with Gasteiger partial charge >= 0.3 is 0 Å². The first-order valence-electron chi connectivity index (χ1n) is 12.3. The van der Waals surface area contributed by atoms with Crippen molar-refractivity contribution in [3.63, 3.8) is 0 Å². The molecule has 5 nitrogen and oxygen atoms in total. The summed E-state index contributed by atoms with van der Waals surface area (Å²) in [4.78, 5) is 19.5. The minimum atomic E-state index is -0.328. The van der Waals surface area contributed by atoms with Crippen molar-refractivity contribution in [1.29, 1.82) is 0 Å². The predicted molar refractivity (Wildman–Crippen MR) is 159 cm³/mol. The van der Waals surface area contributed by atoms with Crippen LogP contribution >= 0.6 is 33.9 Å². The molecule has 1 aliphatic rings. The molecule has 1 aromatic heterocycles. The third-order valence-electron chi connectivity index (χ3n) is 6.33. The molecule has 0 fully saturated rings. The SMILES string of the molecule is COc1cc(I)cc(C=Nc2sc3c(c2C(=O)Nc2ccccc2)CCCC3)c1OCc1ccccc1F. The van der Waals surface area contributed by atoms with Crippen molar-refractivity contribution in [3.8, 4) is 11.5 Å². The number of rotatable bonds is 8. The topological polar surface area (TPSA) is 59.9 Å². The molecule has 0 spiro atoms. The number of ether oxygens (including phenoxy) is 2. The van der Waals surface area contributed by atoms with Crippen molar-refractivity contribution in [3.05, 3.63) is 103 Å². The zero-order valence-corrected chi connectivity index (χ0v) is 23.8. The smallest absolute Gasteiger partial charge is 0.259 e. The first-order valence-corrected chi connectivity index (χ1v) is 14.2. The highest BCUT2D eigenvalue weighted by molar-refractivity contribution is 14.1. The molecule has 8 heteroatoms. The molecular weight excluding hydrogens is 614 g/mol. The summed E-state index contributed by atoms with van der Waals surface area (Å²) in [6, 6.07) is 19.8. The van der Waals surface area contributed by atoms with Crippen LogP contribution in [0.2, 0.25) is 0 Å². The van der Waals surface area contributed by atoms with Crippen molar-refractivity contribution in [2.75, 3.05) is 12.4 Å². The maximum atomic E-state index is 14.2. The molecule has 1 heterocycles. The van der Waals surface area contributed by atoms with Gasteiger partial charge in [-0.1, -0.05) is 36.4 Å². The van der Waals surface area contributed by atoms with E-state index in [0.717, 1.165) is 40.5 Å². The Hall–Kier alpha value is -3.24. The Morgan fingerprint density at radius 3 is 2.66 bits per heavy atom. The highest BCUT2D eigenvalue weighted by Crippen LogP contribution is 2.41. The van der Waals surface area contributed by atoms with Gasteiger partial charge in [0.05, 0.1) is 12.7 Å². The summed E-state index contributed by atoms with van der Waals surface area (Å²) in [5.74, 6) is 0.517. The number of nitrogens with one attached hydrogen (secondary N) is 1. The molecule has 5 rings (SSSR count). The fourth-order valence-electron chi connectivity index (χ4n) is 4.48. The van der Waals surface area contributed by atoms with Gasteiger partial charge in [0.25, 0.3) is 5.91 Å². The van der Waals surface area contributed by atoms with Gasteiger partial charge in [-0.25, -0.2) is 9.38 Å². The lowest BCUT2D eigenvalue weighted by Crippen LogP contribution is -2.14. The van der Waals surface area contributed by atoms with Crippen molar-refractivity contribution < 1.29 is 18.7 Å². The molecule has 194 valence electrons. The Balaban J connectivity index is 1.49. The molecule has 1 amide bonds. The monoisotopic (exact) mass is 640 g/mol. The molecule has 1 aliphatic carbocycles. The van der Waals surface area contributed by atoms with E-state index in [1.54, 1.807) is 42.9 Å². The van der Waals surface area contributed by atoms with Gasteiger partial charge in [0.2, 0.25) is 0 Å². The van der Waals surface area contributed by atoms with Crippen LogP contribution in [-0.4, -0.2) is 19.2 Å². The van der Waals surface area contributed by atoms with Crippen LogP contribution in [0.1, 0.15) is 44.8 Å². The van der Waals surface area contributed by atoms with Crippen LogP contribution in [0.25, 0.3) is 0 Å². The van der Waals surface area contributed by atoms with Crippen LogP contribution in [0.5, 0.6) is 11.5 Å². The second kappa shape index (κ2) is 12.1. The van der Waals surface area contributed by atoms with E-state index in [2.05, 4.69) is 27.9 Å². The van der Waals surface area contributed by atoms with Crippen molar-refractivity contribution in [2.45, 2.75) is 32.3 Å². The quantitative estimate of drug-likeness (QED) is 0.157. The van der Waals surface area contributed by atoms with E-state index in [1.165, 1.54) is 10.9 Å². The number of amides is 1. The normalized spacial score (nSPS) is 12.8. The number of aryl methyl sites for hydroxylation is 1. The number of halogens is 2. The lowest BCUT2D eigenvalue weighted by Gasteiger charge is -2.14. The number of para-hydroxylation sites is 1. The number of carbonyl (C=O) groups excluding carboxylic acids is 1. The largest absolute Gasteiger partial charge is 0.493 e. The van der Waals surface area contributed by atoms with Gasteiger partial charge in [0.15, 0.2) is 11.5 Å². The summed E-state index contributed by atoms with van der Waals surface area (Å²) in [6.07, 6.45) is 5.69. The molecular formula is C30H26FIN2O3S. The number of hydrogen-bond acceptors (Lipinski definition) is 5. The van der Waals surface area contributed by atoms with Crippen LogP contribution in [0.4, 0.5) is 15.1 Å². The average molecular weight is 641 g/mol. The van der Waals surface area contributed by atoms with E-state index in [1.807, 2.05) is 42.5 Å². The summed E-state index contributed by atoms with van der Waals surface area (Å²) in [5.41, 5.74) is 3.61. The minimum absolute atomic E-state index is 0.0441. The number of fused-ring (bicyclic) bond motifs is 1. The van der Waals surface area contributed by atoms with Crippen LogP contribution in [0.15, 0.2) is 71.7 Å². The van der Waals surface area contributed by atoms with Gasteiger partial charge < -0.3 is 14.8 Å². The Morgan fingerprint density at radius 1 is 1.11 bits per heavy atom. The van der Waals surface area contributed by atoms with Gasteiger partial charge in [0, 0.05) is 31.5 Å². The van der Waals surface area contributed by atoms with E-state index in [4.69, 9.17) is 14.5 Å². The van der Waals surface area contributed by atoms with Gasteiger partial charge in [-0.2, -0.15) is 0 Å². The first kappa shape index (κ1) is 26.4. The standard InChI is InChI=1S/C30H26FIN2O3S/c1-36-25-16-21(32)15-20(28(25)37-18-19-9-5-7-13-24(19)31)17-33-30-27(23-12-6-8-14-26(23)38-30)29(35)34-22-10-3-2-4-11-22/h2-5,7,9-11,13,15-17H,6,8,12,14,18H2,1H3,(H,34,35). The van der Waals surface area contributed by atoms with Crippen molar-refractivity contribution in [1.82, 2.24) is 0 Å². The molecule has 0 atom stereocenters. The van der Waals surface area contributed by atoms with Crippen molar-refractivity contribution >= 4 is 56.7 Å². The number of carbonyl (C=O) groups is 1. The molecule has 0 aliphatic heterocycles. The Kier molecular flexibility index (Phi) is 8.38. The zero-order chi connectivity index (χ0) is 26.5. The summed E-state index contributed by atoms with van der Waals surface area (Å²) < 4.78 is 26.8. The van der Waals surface area contributed by atoms with Gasteiger partial charge in [-0.05, 0) is 84.2 Å². The zero-order valence-electron chi connectivity index (χ0n) is 20.8. The van der Waals surface area contributed by atoms with E-state index in [-0.39, 0.29) is 18.3 Å². The Labute approximate surface area is 238 Å². The van der Waals surface area contributed by atoms with Crippen molar-refractivity contribution in [2.24, 2.45) is 4.99 Å². The predicted octanol–water partition coefficient (Wildman–Crippen LogP) is 7.96. The molecule has 0 saturated carbocycles. The number of benzene rings is 3. The third-order valence-corrected chi connectivity index (χ3v) is 8.15. The number of thiophene rings is 1. The molecule has 0 unspecified atom stereocenters. The highest BCUT2D eigenvalue weighted by Gasteiger charge is 2.25. The lowest BCUT2D eigenvalue weighted by atomic mass is 9.95. The second-order valence-electron chi connectivity index (χ2n) is 8.88. The maximum absolute atomic E-state index is 14.2. The number of aliphatic imine (C=N–C) groups is 1. The molecule has 0 radical (unpaired) electrons. The molecule has 4 aromatic rings. The second-order valence-corrected chi connectivity index (χ2v) is 11.2. The molecule has 38 heavy (non-hydrogen) atoms. The average Bonchev–Trinajstić information content (AvgIpc) is 3.31. The summed E-state index contributed by atoms with van der Waals surface area (Å²) >= 11 is 3.78. The van der Waals surface area contributed by atoms with Gasteiger partial charge in [0.1, 0.15) is 17.4 Å². The minimum Gasteiger partial charge on any atom is -0.493 e. The number of hydrogen-bond donors (Lipinski definition) is 1. The Morgan fingerprint density at radius 2 is 1.87 bits per heavy atom. The number of anilines is 1. The number of nitrogens with zero attached hydrogens (tertiary/aromatic N) is 1. The van der Waals surface area contributed by atoms with E-state index in [9.17, 15) is 9.18 Å². The van der Waals surface area contributed by atoms with E-state index in [0.29, 0.717) is 33.2 Å². The first-order chi connectivity index (χ1) is 18.5. The summed E-state index contributed by atoms with van der Waals surface area (Å²) in [7, 11) is 1.57. The van der Waals surface area contributed by atoms with Crippen LogP contribution in [0, 0.1) is 9.39 Å². The van der Waals surface area contributed by atoms with Crippen LogP contribution in [0.3, 0.4) is 0 Å². The third kappa shape index (κ3) is 5.91. The van der Waals surface area contributed by atoms with Gasteiger partial charge in [-0.15, -0.1) is 11.3 Å².